The molecular weight excluding hydrogens is 268 g/mol. The Morgan fingerprint density at radius 1 is 1.00 bits per heavy atom. The molecule has 6 nitrogen and oxygen atoms in total. The van der Waals surface area contributed by atoms with Crippen molar-refractivity contribution in [3.05, 3.63) is 53.2 Å². The lowest BCUT2D eigenvalue weighted by Gasteiger charge is -2.02. The molecule has 1 aromatic carbocycles. The van der Waals surface area contributed by atoms with E-state index in [0.717, 1.165) is 0 Å². The number of aromatic nitrogens is 2. The molecule has 0 aliphatic heterocycles. The molecule has 1 heterocycles. The van der Waals surface area contributed by atoms with Gasteiger partial charge in [0.15, 0.2) is 0 Å². The van der Waals surface area contributed by atoms with Crippen LogP contribution in [0.1, 0.15) is 38.1 Å². The number of carbonyl (C=O) groups excluding carboxylic acids is 1. The normalized spacial score (nSPS) is 8.38. The highest BCUT2D eigenvalue weighted by atomic mass is 16.3. The SMILES string of the molecule is CC.CC.O=Nc1ccc(C(=O)Nc2ncccn2)cc1. The summed E-state index contributed by atoms with van der Waals surface area (Å²) in [5, 5.41) is 5.27. The Labute approximate surface area is 124 Å². The second-order valence-electron chi connectivity index (χ2n) is 3.16. The molecule has 21 heavy (non-hydrogen) atoms. The molecule has 0 saturated heterocycles. The molecule has 0 atom stereocenters. The van der Waals surface area contributed by atoms with Crippen LogP contribution < -0.4 is 5.32 Å². The van der Waals surface area contributed by atoms with E-state index in [1.807, 2.05) is 27.7 Å². The quantitative estimate of drug-likeness (QED) is 0.858. The number of carbonyl (C=O) groups is 1. The van der Waals surface area contributed by atoms with Crippen molar-refractivity contribution in [2.75, 3.05) is 5.32 Å². The van der Waals surface area contributed by atoms with E-state index in [9.17, 15) is 9.70 Å². The predicted octanol–water partition coefficient (Wildman–Crippen LogP) is 4.18. The minimum Gasteiger partial charge on any atom is -0.290 e. The molecule has 0 spiro atoms. The van der Waals surface area contributed by atoms with Gasteiger partial charge in [-0.3, -0.25) is 10.1 Å². The summed E-state index contributed by atoms with van der Waals surface area (Å²) in [5.74, 6) is -0.108. The van der Waals surface area contributed by atoms with Crippen molar-refractivity contribution in [1.82, 2.24) is 9.97 Å². The summed E-state index contributed by atoms with van der Waals surface area (Å²) < 4.78 is 0. The molecule has 0 aliphatic rings. The highest BCUT2D eigenvalue weighted by Gasteiger charge is 2.06. The number of hydrogen-bond donors (Lipinski definition) is 1. The first-order valence-electron chi connectivity index (χ1n) is 6.81. The Morgan fingerprint density at radius 2 is 1.52 bits per heavy atom. The van der Waals surface area contributed by atoms with Crippen LogP contribution >= 0.6 is 0 Å². The number of benzene rings is 1. The summed E-state index contributed by atoms with van der Waals surface area (Å²) in [6.07, 6.45) is 3.06. The molecule has 0 bridgehead atoms. The molecule has 6 heteroatoms. The van der Waals surface area contributed by atoms with Crippen molar-refractivity contribution in [3.63, 3.8) is 0 Å². The van der Waals surface area contributed by atoms with Gasteiger partial charge in [0, 0.05) is 18.0 Å². The molecular formula is C15H20N4O2. The Morgan fingerprint density at radius 3 is 2.00 bits per heavy atom. The third-order valence-electron chi connectivity index (χ3n) is 2.03. The van der Waals surface area contributed by atoms with Crippen LogP contribution in [-0.4, -0.2) is 15.9 Å². The van der Waals surface area contributed by atoms with Crippen LogP contribution in [0.15, 0.2) is 47.9 Å². The lowest BCUT2D eigenvalue weighted by molar-refractivity contribution is 0.102. The first kappa shape index (κ1) is 18.4. The molecule has 0 radical (unpaired) electrons. The average molecular weight is 288 g/mol. The van der Waals surface area contributed by atoms with Crippen LogP contribution in [0.3, 0.4) is 0 Å². The van der Waals surface area contributed by atoms with Crippen molar-refractivity contribution in [1.29, 1.82) is 0 Å². The van der Waals surface area contributed by atoms with Gasteiger partial charge in [0.2, 0.25) is 5.95 Å². The van der Waals surface area contributed by atoms with Crippen molar-refractivity contribution in [2.24, 2.45) is 5.18 Å². The van der Waals surface area contributed by atoms with E-state index in [1.165, 1.54) is 36.7 Å². The van der Waals surface area contributed by atoms with Crippen LogP contribution in [0.4, 0.5) is 11.6 Å². The summed E-state index contributed by atoms with van der Waals surface area (Å²) in [4.78, 5) is 29.7. The van der Waals surface area contributed by atoms with Gasteiger partial charge in [0.25, 0.3) is 5.91 Å². The van der Waals surface area contributed by atoms with Crippen LogP contribution in [0.5, 0.6) is 0 Å². The highest BCUT2D eigenvalue weighted by molar-refractivity contribution is 6.03. The Balaban J connectivity index is 0.000000921. The summed E-state index contributed by atoms with van der Waals surface area (Å²) in [6, 6.07) is 7.60. The fourth-order valence-electron chi connectivity index (χ4n) is 1.21. The number of rotatable bonds is 3. The van der Waals surface area contributed by atoms with E-state index in [1.54, 1.807) is 6.07 Å². The minimum atomic E-state index is -0.339. The molecule has 0 aliphatic carbocycles. The van der Waals surface area contributed by atoms with E-state index < -0.39 is 0 Å². The number of hydrogen-bond acceptors (Lipinski definition) is 5. The minimum absolute atomic E-state index is 0.232. The van der Waals surface area contributed by atoms with E-state index >= 15 is 0 Å². The summed E-state index contributed by atoms with van der Waals surface area (Å²) in [5.41, 5.74) is 0.683. The Kier molecular flexibility index (Phi) is 9.81. The lowest BCUT2D eigenvalue weighted by Crippen LogP contribution is -2.13. The molecule has 0 unspecified atom stereocenters. The van der Waals surface area contributed by atoms with Gasteiger partial charge in [0.1, 0.15) is 5.69 Å². The van der Waals surface area contributed by atoms with Gasteiger partial charge in [0.05, 0.1) is 0 Å². The number of anilines is 1. The second kappa shape index (κ2) is 11.2. The third-order valence-corrected chi connectivity index (χ3v) is 2.03. The van der Waals surface area contributed by atoms with E-state index in [0.29, 0.717) is 5.56 Å². The number of amides is 1. The topological polar surface area (TPSA) is 84.3 Å². The summed E-state index contributed by atoms with van der Waals surface area (Å²) in [6.45, 7) is 8.00. The summed E-state index contributed by atoms with van der Waals surface area (Å²) in [7, 11) is 0. The van der Waals surface area contributed by atoms with Crippen molar-refractivity contribution in [3.8, 4) is 0 Å². The second-order valence-corrected chi connectivity index (χ2v) is 3.16. The molecule has 1 amide bonds. The fraction of sp³-hybridized carbons (Fsp3) is 0.267. The fourth-order valence-corrected chi connectivity index (χ4v) is 1.21. The monoisotopic (exact) mass is 288 g/mol. The van der Waals surface area contributed by atoms with Gasteiger partial charge in [-0.15, -0.1) is 4.91 Å². The standard InChI is InChI=1S/C11H8N4O2.2C2H6/c16-10(14-11-12-6-1-7-13-11)8-2-4-9(15-17)5-3-8;2*1-2/h1-7H,(H,12,13,14,16);2*1-2H3. The molecule has 2 rings (SSSR count). The predicted molar refractivity (Wildman–Crippen MR) is 84.6 cm³/mol. The van der Waals surface area contributed by atoms with E-state index in [2.05, 4.69) is 20.5 Å². The number of nitroso groups, excluding NO2 is 1. The first-order chi connectivity index (χ1) is 10.3. The van der Waals surface area contributed by atoms with Gasteiger partial charge in [-0.2, -0.15) is 0 Å². The van der Waals surface area contributed by atoms with Crippen molar-refractivity contribution in [2.45, 2.75) is 27.7 Å². The van der Waals surface area contributed by atoms with E-state index in [4.69, 9.17) is 0 Å². The van der Waals surface area contributed by atoms with Crippen LogP contribution in [-0.2, 0) is 0 Å². The zero-order chi connectivity index (χ0) is 16.1. The molecule has 0 fully saturated rings. The van der Waals surface area contributed by atoms with Gasteiger partial charge in [-0.05, 0) is 35.5 Å². The Hall–Kier alpha value is -2.63. The largest absolute Gasteiger partial charge is 0.290 e. The maximum atomic E-state index is 11.7. The molecule has 0 saturated carbocycles. The average Bonchev–Trinajstić information content (AvgIpc) is 2.59. The molecule has 2 aromatic rings. The first-order valence-corrected chi connectivity index (χ1v) is 6.81. The highest BCUT2D eigenvalue weighted by Crippen LogP contribution is 2.12. The van der Waals surface area contributed by atoms with Crippen molar-refractivity contribution >= 4 is 17.5 Å². The molecule has 1 N–H and O–H groups in total. The zero-order valence-corrected chi connectivity index (χ0v) is 12.7. The van der Waals surface area contributed by atoms with Crippen LogP contribution in [0.2, 0.25) is 0 Å². The van der Waals surface area contributed by atoms with Gasteiger partial charge >= 0.3 is 0 Å². The van der Waals surface area contributed by atoms with Gasteiger partial charge < -0.3 is 0 Å². The van der Waals surface area contributed by atoms with E-state index in [-0.39, 0.29) is 17.5 Å². The zero-order valence-electron chi connectivity index (χ0n) is 12.7. The lowest BCUT2D eigenvalue weighted by atomic mass is 10.2. The third kappa shape index (κ3) is 6.38. The maximum Gasteiger partial charge on any atom is 0.258 e. The smallest absolute Gasteiger partial charge is 0.258 e. The van der Waals surface area contributed by atoms with Crippen LogP contribution in [0, 0.1) is 4.91 Å². The number of nitrogens with one attached hydrogen (secondary N) is 1. The molecule has 112 valence electrons. The van der Waals surface area contributed by atoms with Gasteiger partial charge in [-0.1, -0.05) is 27.7 Å². The summed E-state index contributed by atoms with van der Waals surface area (Å²) >= 11 is 0. The maximum absolute atomic E-state index is 11.7. The Bertz CT molecular complexity index is 527. The van der Waals surface area contributed by atoms with Crippen molar-refractivity contribution < 1.29 is 4.79 Å². The number of nitrogens with zero attached hydrogens (tertiary/aromatic N) is 3. The van der Waals surface area contributed by atoms with Crippen LogP contribution in [0.25, 0.3) is 0 Å². The van der Waals surface area contributed by atoms with Gasteiger partial charge in [-0.25, -0.2) is 9.97 Å². The molecule has 1 aromatic heterocycles.